The number of benzene rings is 1. The highest BCUT2D eigenvalue weighted by molar-refractivity contribution is 5.98. The number of carbonyl (C=O) groups is 1. The first-order valence-electron chi connectivity index (χ1n) is 6.69. The predicted octanol–water partition coefficient (Wildman–Crippen LogP) is 3.16. The Balaban J connectivity index is 1.82. The summed E-state index contributed by atoms with van der Waals surface area (Å²) in [6, 6.07) is 11.2. The van der Waals surface area contributed by atoms with Crippen molar-refractivity contribution in [2.75, 3.05) is 0 Å². The maximum Gasteiger partial charge on any atom is 0.288 e. The predicted molar refractivity (Wildman–Crippen MR) is 78.6 cm³/mol. The minimum atomic E-state index is -0.261. The number of aromatic amines is 1. The molecule has 21 heavy (non-hydrogen) atoms. The summed E-state index contributed by atoms with van der Waals surface area (Å²) in [6.45, 7) is 1.86. The first-order chi connectivity index (χ1) is 10.3. The van der Waals surface area contributed by atoms with Gasteiger partial charge >= 0.3 is 0 Å². The number of furan rings is 1. The molecular formula is C16H15N3O2. The average Bonchev–Trinajstić information content (AvgIpc) is 3.19. The first-order valence-corrected chi connectivity index (χ1v) is 6.69. The largest absolute Gasteiger partial charge is 0.459 e. The molecule has 1 amide bonds. The molecule has 1 atom stereocenters. The molecule has 3 rings (SSSR count). The van der Waals surface area contributed by atoms with Crippen molar-refractivity contribution in [2.45, 2.75) is 13.0 Å². The standard InChI is InChI=1S/C16H15N3O2/c1-11(15-17-8-9-18-15)19-16(20)14-13(7-10-21-14)12-5-3-2-4-6-12/h2-11H,1H3,(H,17,18)(H,19,20). The van der Waals surface area contributed by atoms with Crippen molar-refractivity contribution >= 4 is 5.91 Å². The SMILES string of the molecule is CC(NC(=O)c1occc1-c1ccccc1)c1ncc[nH]1. The van der Waals surface area contributed by atoms with Crippen LogP contribution in [0.5, 0.6) is 0 Å². The average molecular weight is 281 g/mol. The number of rotatable bonds is 4. The van der Waals surface area contributed by atoms with Crippen LogP contribution in [0.2, 0.25) is 0 Å². The van der Waals surface area contributed by atoms with E-state index in [1.54, 1.807) is 18.5 Å². The van der Waals surface area contributed by atoms with E-state index < -0.39 is 0 Å². The van der Waals surface area contributed by atoms with Crippen molar-refractivity contribution < 1.29 is 9.21 Å². The monoisotopic (exact) mass is 281 g/mol. The summed E-state index contributed by atoms with van der Waals surface area (Å²) >= 11 is 0. The molecule has 0 aliphatic heterocycles. The van der Waals surface area contributed by atoms with E-state index in [0.717, 1.165) is 11.1 Å². The molecule has 0 saturated heterocycles. The van der Waals surface area contributed by atoms with Gasteiger partial charge in [-0.2, -0.15) is 0 Å². The van der Waals surface area contributed by atoms with Gasteiger partial charge in [0.05, 0.1) is 12.3 Å². The lowest BCUT2D eigenvalue weighted by atomic mass is 10.1. The molecule has 0 radical (unpaired) electrons. The van der Waals surface area contributed by atoms with Gasteiger partial charge in [-0.25, -0.2) is 4.98 Å². The summed E-state index contributed by atoms with van der Waals surface area (Å²) in [5, 5.41) is 2.87. The second-order valence-electron chi connectivity index (χ2n) is 4.70. The normalized spacial score (nSPS) is 12.0. The van der Waals surface area contributed by atoms with Crippen LogP contribution in [-0.2, 0) is 0 Å². The van der Waals surface area contributed by atoms with Gasteiger partial charge in [-0.15, -0.1) is 0 Å². The molecule has 0 spiro atoms. The first kappa shape index (κ1) is 13.2. The van der Waals surface area contributed by atoms with Gasteiger partial charge in [0.2, 0.25) is 0 Å². The molecule has 106 valence electrons. The summed E-state index contributed by atoms with van der Waals surface area (Å²) in [7, 11) is 0. The van der Waals surface area contributed by atoms with E-state index >= 15 is 0 Å². The lowest BCUT2D eigenvalue weighted by Crippen LogP contribution is -2.27. The highest BCUT2D eigenvalue weighted by Crippen LogP contribution is 2.25. The minimum Gasteiger partial charge on any atom is -0.459 e. The zero-order valence-electron chi connectivity index (χ0n) is 11.5. The van der Waals surface area contributed by atoms with Crippen LogP contribution in [0.15, 0.2) is 59.5 Å². The van der Waals surface area contributed by atoms with Crippen LogP contribution < -0.4 is 5.32 Å². The van der Waals surface area contributed by atoms with Crippen molar-refractivity contribution in [3.63, 3.8) is 0 Å². The van der Waals surface area contributed by atoms with Crippen LogP contribution in [0, 0.1) is 0 Å². The number of H-pyrrole nitrogens is 1. The van der Waals surface area contributed by atoms with Crippen molar-refractivity contribution in [2.24, 2.45) is 0 Å². The third-order valence-corrected chi connectivity index (χ3v) is 3.23. The fourth-order valence-corrected chi connectivity index (χ4v) is 2.17. The van der Waals surface area contributed by atoms with E-state index in [2.05, 4.69) is 15.3 Å². The van der Waals surface area contributed by atoms with Crippen molar-refractivity contribution in [1.29, 1.82) is 0 Å². The van der Waals surface area contributed by atoms with E-state index in [0.29, 0.717) is 11.6 Å². The van der Waals surface area contributed by atoms with Gasteiger partial charge < -0.3 is 14.7 Å². The summed E-state index contributed by atoms with van der Waals surface area (Å²) in [5.74, 6) is 0.749. The van der Waals surface area contributed by atoms with Crippen LogP contribution >= 0.6 is 0 Å². The zero-order valence-corrected chi connectivity index (χ0v) is 11.5. The fraction of sp³-hybridized carbons (Fsp3) is 0.125. The van der Waals surface area contributed by atoms with Crippen LogP contribution in [0.25, 0.3) is 11.1 Å². The van der Waals surface area contributed by atoms with E-state index in [9.17, 15) is 4.79 Å². The second-order valence-corrected chi connectivity index (χ2v) is 4.70. The van der Waals surface area contributed by atoms with Crippen molar-refractivity contribution in [1.82, 2.24) is 15.3 Å². The van der Waals surface area contributed by atoms with E-state index in [-0.39, 0.29) is 11.9 Å². The highest BCUT2D eigenvalue weighted by Gasteiger charge is 2.19. The number of hydrogen-bond donors (Lipinski definition) is 2. The molecule has 3 aromatic rings. The molecule has 0 aliphatic rings. The Morgan fingerprint density at radius 2 is 2.10 bits per heavy atom. The van der Waals surface area contributed by atoms with Crippen LogP contribution in [0.4, 0.5) is 0 Å². The Hall–Kier alpha value is -2.82. The number of amides is 1. The van der Waals surface area contributed by atoms with E-state index in [1.807, 2.05) is 37.3 Å². The molecule has 5 heteroatoms. The van der Waals surface area contributed by atoms with Gasteiger partial charge in [0.1, 0.15) is 5.82 Å². The summed E-state index contributed by atoms with van der Waals surface area (Å²) in [6.07, 6.45) is 4.90. The Bertz CT molecular complexity index is 717. The molecule has 5 nitrogen and oxygen atoms in total. The molecular weight excluding hydrogens is 266 g/mol. The molecule has 0 aliphatic carbocycles. The number of nitrogens with zero attached hydrogens (tertiary/aromatic N) is 1. The van der Waals surface area contributed by atoms with Crippen LogP contribution in [0.1, 0.15) is 29.3 Å². The molecule has 2 heterocycles. The maximum absolute atomic E-state index is 12.4. The zero-order chi connectivity index (χ0) is 14.7. The fourth-order valence-electron chi connectivity index (χ4n) is 2.17. The lowest BCUT2D eigenvalue weighted by Gasteiger charge is -2.11. The van der Waals surface area contributed by atoms with Gasteiger partial charge in [-0.3, -0.25) is 4.79 Å². The number of carbonyl (C=O) groups excluding carboxylic acids is 1. The quantitative estimate of drug-likeness (QED) is 0.771. The van der Waals surface area contributed by atoms with Gasteiger partial charge in [0, 0.05) is 18.0 Å². The molecule has 1 unspecified atom stereocenters. The topological polar surface area (TPSA) is 70.9 Å². The third kappa shape index (κ3) is 2.72. The Morgan fingerprint density at radius 3 is 2.81 bits per heavy atom. The molecule has 0 bridgehead atoms. The number of nitrogens with one attached hydrogen (secondary N) is 2. The smallest absolute Gasteiger partial charge is 0.288 e. The number of hydrogen-bond acceptors (Lipinski definition) is 3. The van der Waals surface area contributed by atoms with Gasteiger partial charge in [0.15, 0.2) is 5.76 Å². The molecule has 0 saturated carbocycles. The molecule has 2 aromatic heterocycles. The van der Waals surface area contributed by atoms with Crippen molar-refractivity contribution in [3.8, 4) is 11.1 Å². The van der Waals surface area contributed by atoms with E-state index in [1.165, 1.54) is 6.26 Å². The van der Waals surface area contributed by atoms with Gasteiger partial charge in [0.25, 0.3) is 5.91 Å². The Kier molecular flexibility index (Phi) is 3.55. The molecule has 2 N–H and O–H groups in total. The Labute approximate surface area is 122 Å². The van der Waals surface area contributed by atoms with Crippen molar-refractivity contribution in [3.05, 3.63) is 66.6 Å². The highest BCUT2D eigenvalue weighted by atomic mass is 16.3. The van der Waals surface area contributed by atoms with E-state index in [4.69, 9.17) is 4.42 Å². The third-order valence-electron chi connectivity index (χ3n) is 3.23. The molecule has 1 aromatic carbocycles. The van der Waals surface area contributed by atoms with Crippen LogP contribution in [0.3, 0.4) is 0 Å². The molecule has 0 fully saturated rings. The lowest BCUT2D eigenvalue weighted by molar-refractivity contribution is 0.0911. The second kappa shape index (κ2) is 5.66. The van der Waals surface area contributed by atoms with Crippen LogP contribution in [-0.4, -0.2) is 15.9 Å². The Morgan fingerprint density at radius 1 is 1.29 bits per heavy atom. The van der Waals surface area contributed by atoms with Gasteiger partial charge in [-0.05, 0) is 18.6 Å². The van der Waals surface area contributed by atoms with Gasteiger partial charge in [-0.1, -0.05) is 30.3 Å². The minimum absolute atomic E-state index is 0.221. The maximum atomic E-state index is 12.4. The summed E-state index contributed by atoms with van der Waals surface area (Å²) in [4.78, 5) is 19.5. The summed E-state index contributed by atoms with van der Waals surface area (Å²) < 4.78 is 5.36. The summed E-state index contributed by atoms with van der Waals surface area (Å²) in [5.41, 5.74) is 1.72. The number of aromatic nitrogens is 2. The number of imidazole rings is 1.